The van der Waals surface area contributed by atoms with E-state index in [1.54, 1.807) is 6.92 Å². The highest BCUT2D eigenvalue weighted by Gasteiger charge is 2.17. The van der Waals surface area contributed by atoms with Crippen molar-refractivity contribution in [3.05, 3.63) is 10.9 Å². The van der Waals surface area contributed by atoms with Crippen LogP contribution in [0.5, 0.6) is 0 Å². The number of nitrogens with two attached hydrogens (primary N) is 1. The Labute approximate surface area is 125 Å². The Balaban J connectivity index is 1.73. The van der Waals surface area contributed by atoms with E-state index in [9.17, 15) is 4.79 Å². The quantitative estimate of drug-likeness (QED) is 0.625. The fourth-order valence-electron chi connectivity index (χ4n) is 2.75. The average Bonchev–Trinajstić information content (AvgIpc) is 2.78. The number of anilines is 2. The Morgan fingerprint density at radius 1 is 1.55 bits per heavy atom. The molecule has 1 aliphatic heterocycles. The lowest BCUT2D eigenvalue weighted by atomic mass is 10.0. The summed E-state index contributed by atoms with van der Waals surface area (Å²) in [6.07, 6.45) is 5.16. The lowest BCUT2D eigenvalue weighted by Crippen LogP contribution is -2.38. The Kier molecular flexibility index (Phi) is 5.43. The van der Waals surface area contributed by atoms with Crippen LogP contribution in [0.2, 0.25) is 0 Å². The molecular weight excluding hydrogens is 270 g/mol. The molecule has 20 heavy (non-hydrogen) atoms. The van der Waals surface area contributed by atoms with Crippen LogP contribution in [0, 0.1) is 0 Å². The van der Waals surface area contributed by atoms with Gasteiger partial charge in [0.2, 0.25) is 0 Å². The molecule has 1 aliphatic rings. The zero-order chi connectivity index (χ0) is 14.5. The van der Waals surface area contributed by atoms with Crippen molar-refractivity contribution in [2.75, 3.05) is 30.7 Å². The molecule has 1 unspecified atom stereocenters. The molecule has 1 fully saturated rings. The normalized spacial score (nSPS) is 20.0. The molecule has 1 aromatic heterocycles. The van der Waals surface area contributed by atoms with Crippen molar-refractivity contribution in [1.29, 1.82) is 0 Å². The third-order valence-corrected chi connectivity index (χ3v) is 5.15. The summed E-state index contributed by atoms with van der Waals surface area (Å²) in [6, 6.07) is 2.59. The van der Waals surface area contributed by atoms with Crippen molar-refractivity contribution in [2.24, 2.45) is 0 Å². The first-order valence-electron chi connectivity index (χ1n) is 7.46. The number of hydrogen-bond acceptors (Lipinski definition) is 5. The van der Waals surface area contributed by atoms with Gasteiger partial charge in [-0.3, -0.25) is 4.79 Å². The number of nitrogens with one attached hydrogen (secondary N) is 1. The van der Waals surface area contributed by atoms with Crippen molar-refractivity contribution in [3.63, 3.8) is 0 Å². The van der Waals surface area contributed by atoms with E-state index in [1.807, 2.05) is 6.07 Å². The highest BCUT2D eigenvalue weighted by Crippen LogP contribution is 2.29. The molecule has 2 rings (SSSR count). The zero-order valence-corrected chi connectivity index (χ0v) is 13.3. The molecular formula is C15H25N3OS. The monoisotopic (exact) mass is 295 g/mol. The maximum atomic E-state index is 11.3. The number of nitrogens with zero attached hydrogens (tertiary/aromatic N) is 1. The second-order valence-corrected chi connectivity index (χ2v) is 6.66. The number of carbonyl (C=O) groups excluding carboxylic acids is 1. The van der Waals surface area contributed by atoms with Gasteiger partial charge in [0.1, 0.15) is 0 Å². The molecule has 0 spiro atoms. The lowest BCUT2D eigenvalue weighted by molar-refractivity contribution is 0.102. The highest BCUT2D eigenvalue weighted by atomic mass is 32.1. The van der Waals surface area contributed by atoms with Crippen molar-refractivity contribution in [3.8, 4) is 0 Å². The maximum Gasteiger partial charge on any atom is 0.171 e. The van der Waals surface area contributed by atoms with Crippen LogP contribution in [0.15, 0.2) is 6.07 Å². The fraction of sp³-hybridized carbons (Fsp3) is 0.667. The predicted octanol–water partition coefficient (Wildman–Crippen LogP) is 3.21. The van der Waals surface area contributed by atoms with Gasteiger partial charge in [-0.05, 0) is 38.8 Å². The largest absolute Gasteiger partial charge is 0.397 e. The number of hydrogen-bond donors (Lipinski definition) is 2. The summed E-state index contributed by atoms with van der Waals surface area (Å²) in [5, 5.41) is 4.37. The molecule has 3 N–H and O–H groups in total. The van der Waals surface area contributed by atoms with E-state index in [0.717, 1.165) is 30.6 Å². The molecule has 4 nitrogen and oxygen atoms in total. The molecule has 2 heterocycles. The number of nitrogen functional groups attached to an aromatic ring is 1. The molecule has 1 saturated heterocycles. The number of likely N-dealkylation sites (tertiary alicyclic amines) is 1. The van der Waals surface area contributed by atoms with Crippen molar-refractivity contribution in [1.82, 2.24) is 4.90 Å². The van der Waals surface area contributed by atoms with Gasteiger partial charge < -0.3 is 16.0 Å². The average molecular weight is 295 g/mol. The van der Waals surface area contributed by atoms with Crippen LogP contribution in [-0.2, 0) is 0 Å². The van der Waals surface area contributed by atoms with E-state index in [1.165, 1.54) is 37.1 Å². The minimum absolute atomic E-state index is 0.0442. The number of piperidine rings is 1. The van der Waals surface area contributed by atoms with Gasteiger partial charge in [0.25, 0.3) is 0 Å². The summed E-state index contributed by atoms with van der Waals surface area (Å²) >= 11 is 1.45. The van der Waals surface area contributed by atoms with E-state index in [0.29, 0.717) is 10.6 Å². The number of ketones is 1. The van der Waals surface area contributed by atoms with Crippen LogP contribution in [0.1, 0.15) is 49.2 Å². The summed E-state index contributed by atoms with van der Waals surface area (Å²) in [6.45, 7) is 7.20. The second-order valence-electron chi connectivity index (χ2n) is 5.61. The van der Waals surface area contributed by atoms with Crippen molar-refractivity contribution in [2.45, 2.75) is 45.6 Å². The molecule has 0 aromatic carbocycles. The molecule has 1 aromatic rings. The first-order chi connectivity index (χ1) is 9.58. The van der Waals surface area contributed by atoms with E-state index in [4.69, 9.17) is 5.73 Å². The lowest BCUT2D eigenvalue weighted by Gasteiger charge is -2.33. The Hall–Kier alpha value is -1.07. The van der Waals surface area contributed by atoms with Gasteiger partial charge in [-0.25, -0.2) is 0 Å². The van der Waals surface area contributed by atoms with Crippen molar-refractivity contribution >= 4 is 27.8 Å². The SMILES string of the molecule is CC(=O)c1sc(NCCCN2CCCCC2C)cc1N. The Morgan fingerprint density at radius 2 is 2.35 bits per heavy atom. The highest BCUT2D eigenvalue weighted by molar-refractivity contribution is 7.18. The van der Waals surface area contributed by atoms with E-state index in [2.05, 4.69) is 17.1 Å². The van der Waals surface area contributed by atoms with Crippen LogP contribution in [0.4, 0.5) is 10.7 Å². The summed E-state index contributed by atoms with van der Waals surface area (Å²) in [7, 11) is 0. The van der Waals surface area contributed by atoms with Crippen LogP contribution < -0.4 is 11.1 Å². The van der Waals surface area contributed by atoms with Crippen LogP contribution in [-0.4, -0.2) is 36.4 Å². The topological polar surface area (TPSA) is 58.4 Å². The summed E-state index contributed by atoms with van der Waals surface area (Å²) in [4.78, 5) is 14.6. The van der Waals surface area contributed by atoms with E-state index >= 15 is 0 Å². The van der Waals surface area contributed by atoms with E-state index in [-0.39, 0.29) is 5.78 Å². The number of rotatable bonds is 6. The van der Waals surface area contributed by atoms with Crippen LogP contribution >= 0.6 is 11.3 Å². The number of carbonyl (C=O) groups is 1. The minimum Gasteiger partial charge on any atom is -0.397 e. The van der Waals surface area contributed by atoms with Crippen LogP contribution in [0.25, 0.3) is 0 Å². The molecule has 0 amide bonds. The van der Waals surface area contributed by atoms with Gasteiger partial charge in [0, 0.05) is 26.1 Å². The van der Waals surface area contributed by atoms with Gasteiger partial charge in [-0.1, -0.05) is 6.42 Å². The standard InChI is InChI=1S/C15H25N3OS/c1-11-6-3-4-8-18(11)9-5-7-17-14-10-13(16)15(20-14)12(2)19/h10-11,17H,3-9,16H2,1-2H3. The zero-order valence-electron chi connectivity index (χ0n) is 12.4. The second kappa shape index (κ2) is 7.09. The molecule has 0 radical (unpaired) electrons. The summed E-state index contributed by atoms with van der Waals surface area (Å²) in [5.74, 6) is 0.0442. The third kappa shape index (κ3) is 3.96. The summed E-state index contributed by atoms with van der Waals surface area (Å²) < 4.78 is 0. The maximum absolute atomic E-state index is 11.3. The van der Waals surface area contributed by atoms with Gasteiger partial charge in [0.15, 0.2) is 5.78 Å². The molecule has 5 heteroatoms. The first kappa shape index (κ1) is 15.3. The van der Waals surface area contributed by atoms with E-state index < -0.39 is 0 Å². The number of Topliss-reactive ketones (excluding diaryl/α,β-unsaturated/α-hetero) is 1. The predicted molar refractivity (Wildman–Crippen MR) is 86.7 cm³/mol. The smallest absolute Gasteiger partial charge is 0.171 e. The Bertz CT molecular complexity index is 458. The van der Waals surface area contributed by atoms with Crippen molar-refractivity contribution < 1.29 is 4.79 Å². The van der Waals surface area contributed by atoms with Crippen LogP contribution in [0.3, 0.4) is 0 Å². The summed E-state index contributed by atoms with van der Waals surface area (Å²) in [5.41, 5.74) is 6.42. The molecule has 1 atom stereocenters. The third-order valence-electron chi connectivity index (χ3n) is 3.94. The molecule has 112 valence electrons. The minimum atomic E-state index is 0.0442. The fourth-order valence-corrected chi connectivity index (χ4v) is 3.65. The molecule has 0 bridgehead atoms. The van der Waals surface area contributed by atoms with Gasteiger partial charge in [-0.2, -0.15) is 0 Å². The molecule has 0 aliphatic carbocycles. The Morgan fingerprint density at radius 3 is 3.00 bits per heavy atom. The first-order valence-corrected chi connectivity index (χ1v) is 8.27. The molecule has 0 saturated carbocycles. The number of thiophene rings is 1. The van der Waals surface area contributed by atoms with Gasteiger partial charge in [-0.15, -0.1) is 11.3 Å². The van der Waals surface area contributed by atoms with Gasteiger partial charge >= 0.3 is 0 Å². The van der Waals surface area contributed by atoms with Gasteiger partial charge in [0.05, 0.1) is 15.6 Å².